The SMILES string of the molecule is CN(C)c1ccc(Nc2ncc(C(=O)Nc3ccccc3C(C)(C)C)cn2)cc1. The van der Waals surface area contributed by atoms with Crippen LogP contribution in [0.25, 0.3) is 0 Å². The van der Waals surface area contributed by atoms with Gasteiger partial charge >= 0.3 is 0 Å². The molecule has 3 rings (SSSR count). The highest BCUT2D eigenvalue weighted by molar-refractivity contribution is 6.04. The molecule has 0 atom stereocenters. The summed E-state index contributed by atoms with van der Waals surface area (Å²) < 4.78 is 0. The molecular formula is C23H27N5O. The fourth-order valence-corrected chi connectivity index (χ4v) is 2.92. The summed E-state index contributed by atoms with van der Waals surface area (Å²) in [5.74, 6) is 0.206. The number of hydrogen-bond donors (Lipinski definition) is 2. The molecule has 1 amide bonds. The molecule has 6 nitrogen and oxygen atoms in total. The van der Waals surface area contributed by atoms with E-state index >= 15 is 0 Å². The second-order valence-corrected chi connectivity index (χ2v) is 8.11. The van der Waals surface area contributed by atoms with Gasteiger partial charge in [0.05, 0.1) is 5.56 Å². The number of rotatable bonds is 5. The smallest absolute Gasteiger partial charge is 0.258 e. The van der Waals surface area contributed by atoms with Crippen molar-refractivity contribution in [1.29, 1.82) is 0 Å². The van der Waals surface area contributed by atoms with E-state index in [0.29, 0.717) is 11.5 Å². The molecule has 0 fully saturated rings. The number of carbonyl (C=O) groups excluding carboxylic acids is 1. The molecule has 29 heavy (non-hydrogen) atoms. The van der Waals surface area contributed by atoms with Gasteiger partial charge in [-0.15, -0.1) is 0 Å². The van der Waals surface area contributed by atoms with Gasteiger partial charge in [0.1, 0.15) is 0 Å². The van der Waals surface area contributed by atoms with Crippen molar-refractivity contribution in [3.8, 4) is 0 Å². The highest BCUT2D eigenvalue weighted by Crippen LogP contribution is 2.29. The van der Waals surface area contributed by atoms with Crippen molar-refractivity contribution < 1.29 is 4.79 Å². The maximum Gasteiger partial charge on any atom is 0.258 e. The van der Waals surface area contributed by atoms with Crippen molar-refractivity contribution in [3.63, 3.8) is 0 Å². The molecule has 0 saturated heterocycles. The Morgan fingerprint density at radius 1 is 0.931 bits per heavy atom. The van der Waals surface area contributed by atoms with Crippen LogP contribution in [-0.2, 0) is 5.41 Å². The van der Waals surface area contributed by atoms with E-state index in [1.54, 1.807) is 0 Å². The molecule has 1 heterocycles. The van der Waals surface area contributed by atoms with Gasteiger partial charge in [-0.3, -0.25) is 4.79 Å². The third kappa shape index (κ3) is 5.10. The molecule has 0 saturated carbocycles. The lowest BCUT2D eigenvalue weighted by Gasteiger charge is -2.23. The second-order valence-electron chi connectivity index (χ2n) is 8.11. The molecule has 0 aliphatic heterocycles. The van der Waals surface area contributed by atoms with E-state index in [4.69, 9.17) is 0 Å². The number of nitrogens with one attached hydrogen (secondary N) is 2. The maximum absolute atomic E-state index is 12.6. The average Bonchev–Trinajstić information content (AvgIpc) is 2.68. The van der Waals surface area contributed by atoms with E-state index in [1.807, 2.05) is 67.5 Å². The largest absolute Gasteiger partial charge is 0.378 e. The minimum Gasteiger partial charge on any atom is -0.378 e. The summed E-state index contributed by atoms with van der Waals surface area (Å²) in [4.78, 5) is 23.2. The quantitative estimate of drug-likeness (QED) is 0.654. The average molecular weight is 390 g/mol. The number of hydrogen-bond acceptors (Lipinski definition) is 5. The third-order valence-corrected chi connectivity index (χ3v) is 4.54. The lowest BCUT2D eigenvalue weighted by molar-refractivity contribution is 0.102. The molecular weight excluding hydrogens is 362 g/mol. The van der Waals surface area contributed by atoms with Crippen LogP contribution >= 0.6 is 0 Å². The van der Waals surface area contributed by atoms with Gasteiger partial charge in [0.25, 0.3) is 5.91 Å². The molecule has 150 valence electrons. The number of para-hydroxylation sites is 1. The summed E-state index contributed by atoms with van der Waals surface area (Å²) in [6.45, 7) is 6.35. The Kier molecular flexibility index (Phi) is 5.82. The predicted octanol–water partition coefficient (Wildman–Crippen LogP) is 4.84. The normalized spacial score (nSPS) is 11.1. The van der Waals surface area contributed by atoms with Crippen LogP contribution in [-0.4, -0.2) is 30.0 Å². The minimum atomic E-state index is -0.233. The lowest BCUT2D eigenvalue weighted by Crippen LogP contribution is -2.19. The van der Waals surface area contributed by atoms with Crippen LogP contribution < -0.4 is 15.5 Å². The summed E-state index contributed by atoms with van der Waals surface area (Å²) in [6.07, 6.45) is 3.05. The van der Waals surface area contributed by atoms with Gasteiger partial charge in [-0.05, 0) is 41.3 Å². The molecule has 0 spiro atoms. The monoisotopic (exact) mass is 389 g/mol. The van der Waals surface area contributed by atoms with E-state index in [9.17, 15) is 4.79 Å². The zero-order chi connectivity index (χ0) is 21.0. The Balaban J connectivity index is 1.69. The fourth-order valence-electron chi connectivity index (χ4n) is 2.92. The van der Waals surface area contributed by atoms with Crippen LogP contribution in [0.15, 0.2) is 60.9 Å². The zero-order valence-corrected chi connectivity index (χ0v) is 17.5. The second kappa shape index (κ2) is 8.31. The summed E-state index contributed by atoms with van der Waals surface area (Å²) in [6, 6.07) is 15.8. The van der Waals surface area contributed by atoms with E-state index in [2.05, 4.69) is 41.4 Å². The van der Waals surface area contributed by atoms with E-state index < -0.39 is 0 Å². The number of benzene rings is 2. The lowest BCUT2D eigenvalue weighted by atomic mass is 9.86. The number of carbonyl (C=O) groups is 1. The van der Waals surface area contributed by atoms with E-state index in [0.717, 1.165) is 22.6 Å². The Morgan fingerprint density at radius 3 is 2.14 bits per heavy atom. The molecule has 2 N–H and O–H groups in total. The first kappa shape index (κ1) is 20.3. The number of nitrogens with zero attached hydrogens (tertiary/aromatic N) is 3. The van der Waals surface area contributed by atoms with Crippen LogP contribution in [0.2, 0.25) is 0 Å². The Bertz CT molecular complexity index is 973. The van der Waals surface area contributed by atoms with Gasteiger partial charge in [-0.2, -0.15) is 0 Å². The van der Waals surface area contributed by atoms with Crippen LogP contribution in [0.3, 0.4) is 0 Å². The molecule has 0 bridgehead atoms. The van der Waals surface area contributed by atoms with Crippen molar-refractivity contribution in [3.05, 3.63) is 72.1 Å². The van der Waals surface area contributed by atoms with Crippen molar-refractivity contribution in [1.82, 2.24) is 9.97 Å². The van der Waals surface area contributed by atoms with Crippen molar-refractivity contribution in [2.45, 2.75) is 26.2 Å². The summed E-state index contributed by atoms with van der Waals surface area (Å²) in [5, 5.41) is 6.12. The standard InChI is InChI=1S/C23H27N5O/c1-23(2,3)19-8-6-7-9-20(19)27-21(29)16-14-24-22(25-15-16)26-17-10-12-18(13-11-17)28(4)5/h6-15H,1-5H3,(H,27,29)(H,24,25,26). The van der Waals surface area contributed by atoms with Crippen LogP contribution in [0.1, 0.15) is 36.7 Å². The van der Waals surface area contributed by atoms with Gasteiger partial charge in [0.2, 0.25) is 5.95 Å². The molecule has 2 aromatic carbocycles. The number of aromatic nitrogens is 2. The van der Waals surface area contributed by atoms with Crippen molar-refractivity contribution >= 4 is 28.9 Å². The molecule has 0 aliphatic rings. The van der Waals surface area contributed by atoms with Crippen LogP contribution in [0.5, 0.6) is 0 Å². The first-order valence-corrected chi connectivity index (χ1v) is 9.51. The Hall–Kier alpha value is -3.41. The molecule has 3 aromatic rings. The van der Waals surface area contributed by atoms with Gasteiger partial charge in [-0.1, -0.05) is 39.0 Å². The van der Waals surface area contributed by atoms with Crippen molar-refractivity contribution in [2.24, 2.45) is 0 Å². The number of amides is 1. The van der Waals surface area contributed by atoms with Gasteiger partial charge < -0.3 is 15.5 Å². The fraction of sp³-hybridized carbons (Fsp3) is 0.261. The van der Waals surface area contributed by atoms with Crippen LogP contribution in [0, 0.1) is 0 Å². The zero-order valence-electron chi connectivity index (χ0n) is 17.5. The van der Waals surface area contributed by atoms with Gasteiger partial charge in [0, 0.05) is 43.6 Å². The Labute approximate surface area is 172 Å². The minimum absolute atomic E-state index is 0.0731. The first-order valence-electron chi connectivity index (χ1n) is 9.51. The van der Waals surface area contributed by atoms with Gasteiger partial charge in [0.15, 0.2) is 0 Å². The maximum atomic E-state index is 12.6. The Morgan fingerprint density at radius 2 is 1.55 bits per heavy atom. The highest BCUT2D eigenvalue weighted by atomic mass is 16.1. The molecule has 6 heteroatoms. The first-order chi connectivity index (χ1) is 13.7. The number of anilines is 4. The molecule has 0 aliphatic carbocycles. The molecule has 0 unspecified atom stereocenters. The summed E-state index contributed by atoms with van der Waals surface area (Å²) in [5.41, 5.74) is 4.20. The highest BCUT2D eigenvalue weighted by Gasteiger charge is 2.19. The van der Waals surface area contributed by atoms with E-state index in [1.165, 1.54) is 12.4 Å². The van der Waals surface area contributed by atoms with Gasteiger partial charge in [-0.25, -0.2) is 9.97 Å². The molecule has 0 radical (unpaired) electrons. The van der Waals surface area contributed by atoms with Crippen molar-refractivity contribution in [2.75, 3.05) is 29.6 Å². The van der Waals surface area contributed by atoms with Crippen LogP contribution in [0.4, 0.5) is 23.0 Å². The summed E-state index contributed by atoms with van der Waals surface area (Å²) >= 11 is 0. The third-order valence-electron chi connectivity index (χ3n) is 4.54. The summed E-state index contributed by atoms with van der Waals surface area (Å²) in [7, 11) is 3.99. The molecule has 1 aromatic heterocycles. The van der Waals surface area contributed by atoms with E-state index in [-0.39, 0.29) is 11.3 Å². The predicted molar refractivity (Wildman–Crippen MR) is 119 cm³/mol. The topological polar surface area (TPSA) is 70.2 Å².